The molecule has 3 saturated heterocycles. The molecule has 4 aliphatic rings. The molecule has 6 heteroatoms. The van der Waals surface area contributed by atoms with E-state index in [9.17, 15) is 9.59 Å². The summed E-state index contributed by atoms with van der Waals surface area (Å²) in [5, 5.41) is 2.97. The molecule has 0 unspecified atom stereocenters. The summed E-state index contributed by atoms with van der Waals surface area (Å²) in [5.74, 6) is 0.911. The Morgan fingerprint density at radius 3 is 2.67 bits per heavy atom. The SMILES string of the molecule is CCOc1ccccc1C(=O)Nc1cccc2c1C(=O)N([C@@H]1CN3CCC1CC3)C2. The second kappa shape index (κ2) is 7.76. The third-order valence-corrected chi connectivity index (χ3v) is 6.67. The van der Waals surface area contributed by atoms with Crippen molar-refractivity contribution >= 4 is 17.5 Å². The second-order valence-electron chi connectivity index (χ2n) is 8.36. The lowest BCUT2D eigenvalue weighted by molar-refractivity contribution is 0.00849. The van der Waals surface area contributed by atoms with Gasteiger partial charge in [0.15, 0.2) is 0 Å². The van der Waals surface area contributed by atoms with E-state index in [4.69, 9.17) is 4.74 Å². The van der Waals surface area contributed by atoms with Gasteiger partial charge in [-0.3, -0.25) is 9.59 Å². The first-order valence-corrected chi connectivity index (χ1v) is 10.8. The number of amides is 2. The van der Waals surface area contributed by atoms with Crippen LogP contribution in [0.3, 0.4) is 0 Å². The van der Waals surface area contributed by atoms with E-state index in [1.54, 1.807) is 12.1 Å². The van der Waals surface area contributed by atoms with Gasteiger partial charge in [0.2, 0.25) is 0 Å². The lowest BCUT2D eigenvalue weighted by Crippen LogP contribution is -2.57. The molecule has 6 nitrogen and oxygen atoms in total. The first kappa shape index (κ1) is 19.1. The minimum atomic E-state index is -0.262. The molecular weight excluding hydrogens is 378 g/mol. The monoisotopic (exact) mass is 405 g/mol. The summed E-state index contributed by atoms with van der Waals surface area (Å²) in [4.78, 5) is 30.9. The van der Waals surface area contributed by atoms with Crippen molar-refractivity contribution in [2.75, 3.05) is 31.6 Å². The Bertz CT molecular complexity index is 981. The summed E-state index contributed by atoms with van der Waals surface area (Å²) in [6, 6.07) is 13.2. The third kappa shape index (κ3) is 3.25. The van der Waals surface area contributed by atoms with Crippen LogP contribution in [-0.4, -0.2) is 53.9 Å². The molecule has 3 fully saturated rings. The Kier molecular flexibility index (Phi) is 4.95. The zero-order valence-electron chi connectivity index (χ0n) is 17.3. The van der Waals surface area contributed by atoms with Crippen molar-refractivity contribution in [3.63, 3.8) is 0 Å². The van der Waals surface area contributed by atoms with Crippen LogP contribution in [-0.2, 0) is 6.54 Å². The highest BCUT2D eigenvalue weighted by Gasteiger charge is 2.43. The van der Waals surface area contributed by atoms with Crippen molar-refractivity contribution in [3.8, 4) is 5.75 Å². The fraction of sp³-hybridized carbons (Fsp3) is 0.417. The van der Waals surface area contributed by atoms with Gasteiger partial charge in [-0.2, -0.15) is 0 Å². The molecule has 2 aromatic carbocycles. The third-order valence-electron chi connectivity index (χ3n) is 6.67. The number of anilines is 1. The zero-order chi connectivity index (χ0) is 20.7. The Hall–Kier alpha value is -2.86. The largest absolute Gasteiger partial charge is 0.493 e. The smallest absolute Gasteiger partial charge is 0.259 e. The Morgan fingerprint density at radius 1 is 1.13 bits per heavy atom. The number of piperidine rings is 3. The van der Waals surface area contributed by atoms with Gasteiger partial charge in [0.1, 0.15) is 5.75 Å². The van der Waals surface area contributed by atoms with Crippen LogP contribution in [0.5, 0.6) is 5.75 Å². The van der Waals surface area contributed by atoms with Crippen LogP contribution in [0.25, 0.3) is 0 Å². The fourth-order valence-electron chi connectivity index (χ4n) is 5.17. The van der Waals surface area contributed by atoms with Gasteiger partial charge in [-0.25, -0.2) is 0 Å². The molecule has 0 saturated carbocycles. The predicted molar refractivity (Wildman–Crippen MR) is 115 cm³/mol. The Balaban J connectivity index is 1.40. The number of nitrogens with zero attached hydrogens (tertiary/aromatic N) is 2. The topological polar surface area (TPSA) is 61.9 Å². The maximum Gasteiger partial charge on any atom is 0.259 e. The lowest BCUT2D eigenvalue weighted by atomic mass is 9.83. The number of carbonyl (C=O) groups excluding carboxylic acids is 2. The van der Waals surface area contributed by atoms with E-state index in [0.717, 1.165) is 25.2 Å². The number of fused-ring (bicyclic) bond motifs is 4. The van der Waals surface area contributed by atoms with Crippen LogP contribution >= 0.6 is 0 Å². The molecule has 156 valence electrons. The zero-order valence-corrected chi connectivity index (χ0v) is 17.3. The Morgan fingerprint density at radius 2 is 1.93 bits per heavy atom. The van der Waals surface area contributed by atoms with Crippen molar-refractivity contribution in [3.05, 3.63) is 59.2 Å². The highest BCUT2D eigenvalue weighted by molar-refractivity contribution is 6.11. The standard InChI is InChI=1S/C24H27N3O3/c1-2-30-21-9-4-3-7-18(21)23(28)25-19-8-5-6-17-14-27(24(29)22(17)19)20-15-26-12-10-16(20)11-13-26/h3-9,16,20H,2,10-15H2,1H3,(H,25,28)/t20-/m1/s1. The van der Waals surface area contributed by atoms with E-state index in [0.29, 0.717) is 41.6 Å². The van der Waals surface area contributed by atoms with Gasteiger partial charge in [-0.05, 0) is 62.5 Å². The summed E-state index contributed by atoms with van der Waals surface area (Å²) in [6.45, 7) is 6.27. The van der Waals surface area contributed by atoms with Crippen LogP contribution in [0.15, 0.2) is 42.5 Å². The Labute approximate surface area is 176 Å². The van der Waals surface area contributed by atoms with E-state index in [-0.39, 0.29) is 17.9 Å². The molecule has 0 radical (unpaired) electrons. The number of hydrogen-bond acceptors (Lipinski definition) is 4. The number of benzene rings is 2. The average Bonchev–Trinajstić information content (AvgIpc) is 3.12. The molecule has 6 rings (SSSR count). The molecular formula is C24H27N3O3. The second-order valence-corrected chi connectivity index (χ2v) is 8.36. The number of hydrogen-bond donors (Lipinski definition) is 1. The molecule has 2 aromatic rings. The summed E-state index contributed by atoms with van der Waals surface area (Å²) in [6.07, 6.45) is 2.34. The van der Waals surface area contributed by atoms with Crippen LogP contribution < -0.4 is 10.1 Å². The number of ether oxygens (including phenoxy) is 1. The number of para-hydroxylation sites is 1. The maximum absolute atomic E-state index is 13.4. The molecule has 0 aliphatic carbocycles. The normalized spacial score (nSPS) is 24.6. The first-order chi connectivity index (χ1) is 14.7. The highest BCUT2D eigenvalue weighted by atomic mass is 16.5. The van der Waals surface area contributed by atoms with Gasteiger partial charge < -0.3 is 19.9 Å². The molecule has 2 amide bonds. The van der Waals surface area contributed by atoms with Crippen molar-refractivity contribution in [2.45, 2.75) is 32.4 Å². The van der Waals surface area contributed by atoms with E-state index in [2.05, 4.69) is 10.2 Å². The van der Waals surface area contributed by atoms with Crippen molar-refractivity contribution in [1.29, 1.82) is 0 Å². The van der Waals surface area contributed by atoms with Crippen LogP contribution in [0.2, 0.25) is 0 Å². The van der Waals surface area contributed by atoms with Gasteiger partial charge >= 0.3 is 0 Å². The van der Waals surface area contributed by atoms with E-state index < -0.39 is 0 Å². The first-order valence-electron chi connectivity index (χ1n) is 10.8. The van der Waals surface area contributed by atoms with Crippen LogP contribution in [0, 0.1) is 5.92 Å². The summed E-state index contributed by atoms with van der Waals surface area (Å²) >= 11 is 0. The van der Waals surface area contributed by atoms with Crippen molar-refractivity contribution in [1.82, 2.24) is 9.80 Å². The highest BCUT2D eigenvalue weighted by Crippen LogP contribution is 2.37. The average molecular weight is 405 g/mol. The molecule has 1 N–H and O–H groups in total. The van der Waals surface area contributed by atoms with Crippen molar-refractivity contribution in [2.24, 2.45) is 5.92 Å². The summed E-state index contributed by atoms with van der Waals surface area (Å²) < 4.78 is 5.59. The van der Waals surface area contributed by atoms with Gasteiger partial charge in [-0.1, -0.05) is 24.3 Å². The van der Waals surface area contributed by atoms with Crippen LogP contribution in [0.4, 0.5) is 5.69 Å². The fourth-order valence-corrected chi connectivity index (χ4v) is 5.17. The number of nitrogens with one attached hydrogen (secondary N) is 1. The number of carbonyl (C=O) groups is 2. The summed E-state index contributed by atoms with van der Waals surface area (Å²) in [7, 11) is 0. The van der Waals surface area contributed by atoms with Gasteiger partial charge in [0.05, 0.1) is 23.4 Å². The van der Waals surface area contributed by atoms with E-state index in [1.165, 1.54) is 12.8 Å². The van der Waals surface area contributed by atoms with E-state index >= 15 is 0 Å². The molecule has 0 aromatic heterocycles. The summed E-state index contributed by atoms with van der Waals surface area (Å²) in [5.41, 5.74) is 2.68. The lowest BCUT2D eigenvalue weighted by Gasteiger charge is -2.48. The van der Waals surface area contributed by atoms with E-state index in [1.807, 2.05) is 42.2 Å². The van der Waals surface area contributed by atoms with Crippen LogP contribution in [0.1, 0.15) is 46.0 Å². The molecule has 30 heavy (non-hydrogen) atoms. The molecule has 1 atom stereocenters. The molecule has 0 spiro atoms. The van der Waals surface area contributed by atoms with Gasteiger partial charge in [-0.15, -0.1) is 0 Å². The minimum absolute atomic E-state index is 0.0396. The minimum Gasteiger partial charge on any atom is -0.493 e. The number of rotatable bonds is 5. The maximum atomic E-state index is 13.4. The van der Waals surface area contributed by atoms with Gasteiger partial charge in [0.25, 0.3) is 11.8 Å². The molecule has 4 aliphatic heterocycles. The predicted octanol–water partition coefficient (Wildman–Crippen LogP) is 3.39. The quantitative estimate of drug-likeness (QED) is 0.828. The molecule has 2 bridgehead atoms. The van der Waals surface area contributed by atoms with Gasteiger partial charge in [0, 0.05) is 19.1 Å². The van der Waals surface area contributed by atoms with Crippen molar-refractivity contribution < 1.29 is 14.3 Å². The molecule has 4 heterocycles.